The summed E-state index contributed by atoms with van der Waals surface area (Å²) in [6, 6.07) is 0. The van der Waals surface area contributed by atoms with E-state index >= 15 is 0 Å². The molecular weight excluding hydrogens is 172 g/mol. The number of nitrogens with one attached hydrogen (secondary N) is 1. The van der Waals surface area contributed by atoms with E-state index in [1.165, 1.54) is 51.5 Å². The Kier molecular flexibility index (Phi) is 1.94. The molecule has 0 heterocycles. The zero-order valence-electron chi connectivity index (χ0n) is 9.02. The highest BCUT2D eigenvalue weighted by atomic mass is 15.0. The molecule has 3 rings (SSSR count). The van der Waals surface area contributed by atoms with E-state index in [0.717, 1.165) is 17.9 Å². The fraction of sp³-hybridized carbons (Fsp3) is 1.00. The summed E-state index contributed by atoms with van der Waals surface area (Å²) in [5.74, 6) is 1.07. The summed E-state index contributed by atoms with van der Waals surface area (Å²) in [6.07, 6.45) is 9.74. The van der Waals surface area contributed by atoms with Crippen LogP contribution in [0.3, 0.4) is 0 Å². The van der Waals surface area contributed by atoms with Gasteiger partial charge in [-0.2, -0.15) is 0 Å². The van der Waals surface area contributed by atoms with Crippen LogP contribution in [0.1, 0.15) is 44.9 Å². The Morgan fingerprint density at radius 2 is 1.79 bits per heavy atom. The predicted octanol–water partition coefficient (Wildman–Crippen LogP) is 1.65. The van der Waals surface area contributed by atoms with Crippen LogP contribution in [0.4, 0.5) is 0 Å². The highest BCUT2D eigenvalue weighted by Gasteiger charge is 2.53. The van der Waals surface area contributed by atoms with Gasteiger partial charge in [0, 0.05) is 18.6 Å². The SMILES string of the molecule is NC1(CNCC2(C3CC3)CC2)CCC1. The van der Waals surface area contributed by atoms with E-state index in [9.17, 15) is 0 Å². The van der Waals surface area contributed by atoms with Crippen molar-refractivity contribution < 1.29 is 0 Å². The molecule has 0 saturated heterocycles. The molecule has 0 atom stereocenters. The number of hydrogen-bond acceptors (Lipinski definition) is 2. The van der Waals surface area contributed by atoms with Gasteiger partial charge in [0.05, 0.1) is 0 Å². The number of rotatable bonds is 5. The normalized spacial score (nSPS) is 32.4. The third kappa shape index (κ3) is 1.59. The molecule has 0 aliphatic heterocycles. The van der Waals surface area contributed by atoms with E-state index < -0.39 is 0 Å². The fourth-order valence-corrected chi connectivity index (χ4v) is 2.95. The second-order valence-corrected chi connectivity index (χ2v) is 5.96. The van der Waals surface area contributed by atoms with Crippen molar-refractivity contribution in [3.63, 3.8) is 0 Å². The van der Waals surface area contributed by atoms with Crippen LogP contribution in [0, 0.1) is 11.3 Å². The minimum Gasteiger partial charge on any atom is -0.324 e. The molecule has 0 spiro atoms. The minimum absolute atomic E-state index is 0.166. The van der Waals surface area contributed by atoms with Crippen LogP contribution in [-0.2, 0) is 0 Å². The standard InChI is InChI=1S/C12H22N2/c13-12(4-1-5-12)9-14-8-11(6-7-11)10-2-3-10/h10,14H,1-9,13H2. The van der Waals surface area contributed by atoms with Crippen molar-refractivity contribution >= 4 is 0 Å². The molecule has 0 unspecified atom stereocenters. The van der Waals surface area contributed by atoms with Gasteiger partial charge in [-0.3, -0.25) is 0 Å². The van der Waals surface area contributed by atoms with Crippen LogP contribution in [0.2, 0.25) is 0 Å². The van der Waals surface area contributed by atoms with Crippen LogP contribution < -0.4 is 11.1 Å². The summed E-state index contributed by atoms with van der Waals surface area (Å²) >= 11 is 0. The zero-order chi connectivity index (χ0) is 9.65. The Balaban J connectivity index is 1.41. The van der Waals surface area contributed by atoms with Gasteiger partial charge in [-0.05, 0) is 56.3 Å². The molecule has 3 aliphatic carbocycles. The Hall–Kier alpha value is -0.0800. The average molecular weight is 194 g/mol. The Morgan fingerprint density at radius 3 is 2.21 bits per heavy atom. The van der Waals surface area contributed by atoms with Gasteiger partial charge in [-0.15, -0.1) is 0 Å². The van der Waals surface area contributed by atoms with E-state index in [4.69, 9.17) is 5.73 Å². The Morgan fingerprint density at radius 1 is 1.07 bits per heavy atom. The van der Waals surface area contributed by atoms with Gasteiger partial charge in [0.2, 0.25) is 0 Å². The summed E-state index contributed by atoms with van der Waals surface area (Å²) in [5, 5.41) is 3.63. The van der Waals surface area contributed by atoms with E-state index in [1.807, 2.05) is 0 Å². The maximum Gasteiger partial charge on any atom is 0.0280 e. The molecule has 0 amide bonds. The molecule has 3 aliphatic rings. The van der Waals surface area contributed by atoms with E-state index in [-0.39, 0.29) is 5.54 Å². The third-order valence-corrected chi connectivity index (χ3v) is 4.64. The smallest absolute Gasteiger partial charge is 0.0280 e. The minimum atomic E-state index is 0.166. The largest absolute Gasteiger partial charge is 0.324 e. The Labute approximate surface area is 86.6 Å². The number of nitrogens with two attached hydrogens (primary N) is 1. The van der Waals surface area contributed by atoms with Crippen LogP contribution in [0.5, 0.6) is 0 Å². The summed E-state index contributed by atoms with van der Waals surface area (Å²) in [7, 11) is 0. The van der Waals surface area contributed by atoms with Gasteiger partial charge in [0.1, 0.15) is 0 Å². The summed E-state index contributed by atoms with van der Waals surface area (Å²) < 4.78 is 0. The van der Waals surface area contributed by atoms with Crippen molar-refractivity contribution in [2.45, 2.75) is 50.5 Å². The van der Waals surface area contributed by atoms with E-state index in [0.29, 0.717) is 0 Å². The second-order valence-electron chi connectivity index (χ2n) is 5.96. The molecule has 3 saturated carbocycles. The summed E-state index contributed by atoms with van der Waals surface area (Å²) in [5.41, 5.74) is 7.08. The molecule has 14 heavy (non-hydrogen) atoms. The second kappa shape index (κ2) is 2.96. The molecule has 2 heteroatoms. The molecule has 3 N–H and O–H groups in total. The molecule has 80 valence electrons. The predicted molar refractivity (Wildman–Crippen MR) is 58.0 cm³/mol. The van der Waals surface area contributed by atoms with Crippen molar-refractivity contribution in [1.82, 2.24) is 5.32 Å². The molecule has 2 nitrogen and oxygen atoms in total. The fourth-order valence-electron chi connectivity index (χ4n) is 2.95. The Bertz CT molecular complexity index is 224. The lowest BCUT2D eigenvalue weighted by Crippen LogP contribution is -2.54. The highest BCUT2D eigenvalue weighted by Crippen LogP contribution is 2.60. The first-order valence-electron chi connectivity index (χ1n) is 6.22. The molecule has 0 aromatic rings. The summed E-state index contributed by atoms with van der Waals surface area (Å²) in [6.45, 7) is 2.30. The topological polar surface area (TPSA) is 38.0 Å². The van der Waals surface area contributed by atoms with Gasteiger partial charge in [-0.25, -0.2) is 0 Å². The van der Waals surface area contributed by atoms with Gasteiger partial charge in [-0.1, -0.05) is 0 Å². The van der Waals surface area contributed by atoms with Gasteiger partial charge in [0.25, 0.3) is 0 Å². The maximum atomic E-state index is 6.18. The van der Waals surface area contributed by atoms with Gasteiger partial charge >= 0.3 is 0 Å². The third-order valence-electron chi connectivity index (χ3n) is 4.64. The van der Waals surface area contributed by atoms with Gasteiger partial charge in [0.15, 0.2) is 0 Å². The van der Waals surface area contributed by atoms with Crippen molar-refractivity contribution in [3.05, 3.63) is 0 Å². The highest BCUT2D eigenvalue weighted by molar-refractivity contribution is 5.05. The maximum absolute atomic E-state index is 6.18. The van der Waals surface area contributed by atoms with Crippen LogP contribution in [0.15, 0.2) is 0 Å². The lowest BCUT2D eigenvalue weighted by Gasteiger charge is -2.38. The van der Waals surface area contributed by atoms with Crippen LogP contribution in [-0.4, -0.2) is 18.6 Å². The molecule has 0 aromatic heterocycles. The van der Waals surface area contributed by atoms with Crippen molar-refractivity contribution in [2.24, 2.45) is 17.1 Å². The number of hydrogen-bond donors (Lipinski definition) is 2. The lowest BCUT2D eigenvalue weighted by atomic mass is 9.77. The quantitative estimate of drug-likeness (QED) is 0.698. The monoisotopic (exact) mass is 194 g/mol. The zero-order valence-corrected chi connectivity index (χ0v) is 9.02. The molecule has 0 bridgehead atoms. The first-order valence-corrected chi connectivity index (χ1v) is 6.22. The van der Waals surface area contributed by atoms with E-state index in [2.05, 4.69) is 5.32 Å². The van der Waals surface area contributed by atoms with Crippen molar-refractivity contribution in [3.8, 4) is 0 Å². The molecule has 0 aromatic carbocycles. The lowest BCUT2D eigenvalue weighted by molar-refractivity contribution is 0.231. The molecular formula is C12H22N2. The summed E-state index contributed by atoms with van der Waals surface area (Å²) in [4.78, 5) is 0. The average Bonchev–Trinajstić information content (AvgIpc) is 2.95. The van der Waals surface area contributed by atoms with Crippen molar-refractivity contribution in [2.75, 3.05) is 13.1 Å². The van der Waals surface area contributed by atoms with Crippen LogP contribution >= 0.6 is 0 Å². The molecule has 3 fully saturated rings. The molecule has 0 radical (unpaired) electrons. The first kappa shape index (κ1) is 9.17. The first-order chi connectivity index (χ1) is 6.73. The van der Waals surface area contributed by atoms with Crippen LogP contribution in [0.25, 0.3) is 0 Å². The van der Waals surface area contributed by atoms with E-state index in [1.54, 1.807) is 0 Å². The van der Waals surface area contributed by atoms with Gasteiger partial charge < -0.3 is 11.1 Å². The van der Waals surface area contributed by atoms with Crippen molar-refractivity contribution in [1.29, 1.82) is 0 Å².